The van der Waals surface area contributed by atoms with Crippen LogP contribution in [0.1, 0.15) is 19.3 Å². The Labute approximate surface area is 102 Å². The van der Waals surface area contributed by atoms with Crippen molar-refractivity contribution in [3.8, 4) is 0 Å². The molecule has 0 amide bonds. The molecule has 4 fully saturated rings. The lowest BCUT2D eigenvalue weighted by atomic mass is 9.74. The van der Waals surface area contributed by atoms with Gasteiger partial charge in [0.25, 0.3) is 0 Å². The summed E-state index contributed by atoms with van der Waals surface area (Å²) in [5, 5.41) is 0. The molecular formula is C13H20O4. The molecule has 2 aliphatic carbocycles. The molecule has 0 spiro atoms. The molecule has 0 radical (unpaired) electrons. The van der Waals surface area contributed by atoms with Crippen molar-refractivity contribution in [1.29, 1.82) is 0 Å². The molecule has 0 aromatic heterocycles. The molecule has 4 unspecified atom stereocenters. The second kappa shape index (κ2) is 3.67. The molecule has 8 atom stereocenters. The minimum atomic E-state index is 0.00635. The van der Waals surface area contributed by atoms with Crippen molar-refractivity contribution in [3.05, 3.63) is 0 Å². The molecule has 4 aliphatic rings. The van der Waals surface area contributed by atoms with Crippen molar-refractivity contribution in [2.45, 2.75) is 44.1 Å². The van der Waals surface area contributed by atoms with Crippen LogP contribution in [0, 0.1) is 23.7 Å². The number of hydrogen-bond donors (Lipinski definition) is 0. The molecular weight excluding hydrogens is 220 g/mol. The lowest BCUT2D eigenvalue weighted by Gasteiger charge is -2.32. The smallest absolute Gasteiger partial charge is 0.160 e. The van der Waals surface area contributed by atoms with Crippen molar-refractivity contribution < 1.29 is 18.9 Å². The van der Waals surface area contributed by atoms with E-state index in [0.29, 0.717) is 35.9 Å². The van der Waals surface area contributed by atoms with Gasteiger partial charge in [-0.2, -0.15) is 0 Å². The Morgan fingerprint density at radius 1 is 0.824 bits per heavy atom. The van der Waals surface area contributed by atoms with E-state index in [4.69, 9.17) is 18.9 Å². The highest BCUT2D eigenvalue weighted by molar-refractivity contribution is 5.08. The van der Waals surface area contributed by atoms with Gasteiger partial charge >= 0.3 is 0 Å². The molecule has 2 saturated carbocycles. The zero-order valence-corrected chi connectivity index (χ0v) is 10.4. The number of rotatable bonds is 2. The van der Waals surface area contributed by atoms with Crippen molar-refractivity contribution in [1.82, 2.24) is 0 Å². The van der Waals surface area contributed by atoms with Crippen LogP contribution in [0.15, 0.2) is 0 Å². The maximum atomic E-state index is 6.02. The number of hydrogen-bond acceptors (Lipinski definition) is 4. The van der Waals surface area contributed by atoms with E-state index in [1.807, 2.05) is 0 Å². The Balaban J connectivity index is 1.67. The van der Waals surface area contributed by atoms with Gasteiger partial charge in [0.1, 0.15) is 0 Å². The summed E-state index contributed by atoms with van der Waals surface area (Å²) in [5.41, 5.74) is 0. The van der Waals surface area contributed by atoms with Crippen LogP contribution in [0.25, 0.3) is 0 Å². The van der Waals surface area contributed by atoms with Crippen LogP contribution in [0.2, 0.25) is 0 Å². The van der Waals surface area contributed by atoms with Gasteiger partial charge in [0.2, 0.25) is 0 Å². The monoisotopic (exact) mass is 240 g/mol. The summed E-state index contributed by atoms with van der Waals surface area (Å²) in [6.07, 6.45) is 4.18. The normalized spacial score (nSPS) is 59.6. The van der Waals surface area contributed by atoms with Crippen molar-refractivity contribution in [3.63, 3.8) is 0 Å². The fourth-order valence-electron chi connectivity index (χ4n) is 4.87. The molecule has 0 aromatic rings. The lowest BCUT2D eigenvalue weighted by Crippen LogP contribution is -2.36. The molecule has 0 N–H and O–H groups in total. The maximum absolute atomic E-state index is 6.02. The molecule has 0 aromatic carbocycles. The highest BCUT2D eigenvalue weighted by Crippen LogP contribution is 2.60. The van der Waals surface area contributed by atoms with Crippen molar-refractivity contribution >= 4 is 0 Å². The second-order valence-electron chi connectivity index (χ2n) is 5.85. The van der Waals surface area contributed by atoms with Crippen LogP contribution in [0.4, 0.5) is 0 Å². The van der Waals surface area contributed by atoms with E-state index in [-0.39, 0.29) is 12.6 Å². The van der Waals surface area contributed by atoms with Gasteiger partial charge in [0, 0.05) is 26.1 Å². The van der Waals surface area contributed by atoms with Gasteiger partial charge in [-0.3, -0.25) is 0 Å². The summed E-state index contributed by atoms with van der Waals surface area (Å²) in [7, 11) is 3.52. The zero-order valence-electron chi connectivity index (χ0n) is 10.4. The molecule has 2 saturated heterocycles. The summed E-state index contributed by atoms with van der Waals surface area (Å²) in [6.45, 7) is 0. The molecule has 4 rings (SSSR count). The predicted octanol–water partition coefficient (Wildman–Crippen LogP) is 1.39. The van der Waals surface area contributed by atoms with Crippen LogP contribution in [0.3, 0.4) is 0 Å². The summed E-state index contributed by atoms with van der Waals surface area (Å²) >= 11 is 0. The van der Waals surface area contributed by atoms with Gasteiger partial charge in [0.05, 0.1) is 12.2 Å². The van der Waals surface area contributed by atoms with E-state index >= 15 is 0 Å². The Hall–Kier alpha value is -0.160. The van der Waals surface area contributed by atoms with Crippen LogP contribution >= 0.6 is 0 Å². The Morgan fingerprint density at radius 3 is 1.71 bits per heavy atom. The Kier molecular flexibility index (Phi) is 2.32. The highest BCUT2D eigenvalue weighted by Gasteiger charge is 2.64. The molecule has 4 heteroatoms. The average molecular weight is 240 g/mol. The SMILES string of the molecule is CO[C@@H]1O[C@H]2CC[C@H]3O[C@H](OC)C4CC1C2C43. The van der Waals surface area contributed by atoms with Crippen LogP contribution in [-0.4, -0.2) is 39.0 Å². The quantitative estimate of drug-likeness (QED) is 0.731. The second-order valence-corrected chi connectivity index (χ2v) is 5.85. The van der Waals surface area contributed by atoms with E-state index in [1.165, 1.54) is 0 Å². The van der Waals surface area contributed by atoms with Gasteiger partial charge in [-0.15, -0.1) is 0 Å². The largest absolute Gasteiger partial charge is 0.356 e. The summed E-state index contributed by atoms with van der Waals surface area (Å²) in [6, 6.07) is 0. The fraction of sp³-hybridized carbons (Fsp3) is 1.00. The first-order valence-corrected chi connectivity index (χ1v) is 6.70. The third-order valence-electron chi connectivity index (χ3n) is 5.35. The molecule has 2 heterocycles. The first kappa shape index (κ1) is 10.7. The van der Waals surface area contributed by atoms with Gasteiger partial charge in [-0.1, -0.05) is 0 Å². The standard InChI is InChI=1S/C13H20O4/c1-14-12-6-5-7-11-9(17-13(7)15-2)4-3-8(16-12)10(6)11/h6-13H,3-5H2,1-2H3/t6?,7?,8-,9+,10?,11?,12+,13-. The van der Waals surface area contributed by atoms with E-state index < -0.39 is 0 Å². The number of ether oxygens (including phenoxy) is 4. The van der Waals surface area contributed by atoms with Gasteiger partial charge < -0.3 is 18.9 Å². The topological polar surface area (TPSA) is 36.9 Å². The van der Waals surface area contributed by atoms with Crippen LogP contribution < -0.4 is 0 Å². The van der Waals surface area contributed by atoms with Gasteiger partial charge in [-0.25, -0.2) is 0 Å². The van der Waals surface area contributed by atoms with E-state index in [0.717, 1.165) is 19.3 Å². The summed E-state index contributed by atoms with van der Waals surface area (Å²) in [4.78, 5) is 0. The zero-order chi connectivity index (χ0) is 11.6. The Bertz CT molecular complexity index is 291. The predicted molar refractivity (Wildman–Crippen MR) is 59.2 cm³/mol. The number of methoxy groups -OCH3 is 2. The van der Waals surface area contributed by atoms with E-state index in [9.17, 15) is 0 Å². The van der Waals surface area contributed by atoms with E-state index in [2.05, 4.69) is 0 Å². The molecule has 4 nitrogen and oxygen atoms in total. The van der Waals surface area contributed by atoms with Crippen molar-refractivity contribution in [2.24, 2.45) is 23.7 Å². The lowest BCUT2D eigenvalue weighted by molar-refractivity contribution is -0.141. The molecule has 0 bridgehead atoms. The Morgan fingerprint density at radius 2 is 1.29 bits per heavy atom. The third kappa shape index (κ3) is 1.27. The van der Waals surface area contributed by atoms with Crippen molar-refractivity contribution in [2.75, 3.05) is 14.2 Å². The summed E-state index contributed by atoms with van der Waals surface area (Å²) < 4.78 is 23.1. The molecule has 2 aliphatic heterocycles. The minimum Gasteiger partial charge on any atom is -0.356 e. The maximum Gasteiger partial charge on any atom is 0.160 e. The molecule has 17 heavy (non-hydrogen) atoms. The van der Waals surface area contributed by atoms with Crippen LogP contribution in [0.5, 0.6) is 0 Å². The fourth-order valence-corrected chi connectivity index (χ4v) is 4.87. The molecule has 96 valence electrons. The summed E-state index contributed by atoms with van der Waals surface area (Å²) in [5.74, 6) is 2.40. The highest BCUT2D eigenvalue weighted by atomic mass is 16.7. The van der Waals surface area contributed by atoms with Gasteiger partial charge in [0.15, 0.2) is 12.6 Å². The first-order chi connectivity index (χ1) is 8.33. The van der Waals surface area contributed by atoms with Crippen LogP contribution in [-0.2, 0) is 18.9 Å². The minimum absolute atomic E-state index is 0.00635. The van der Waals surface area contributed by atoms with Gasteiger partial charge in [-0.05, 0) is 31.1 Å². The third-order valence-corrected chi connectivity index (χ3v) is 5.35. The first-order valence-electron chi connectivity index (χ1n) is 6.70. The van der Waals surface area contributed by atoms with E-state index in [1.54, 1.807) is 14.2 Å². The average Bonchev–Trinajstić information content (AvgIpc) is 2.98.